The van der Waals surface area contributed by atoms with Crippen molar-refractivity contribution in [2.45, 2.75) is 13.1 Å². The fraction of sp³-hybridized carbons (Fsp3) is 0.250. The van der Waals surface area contributed by atoms with Gasteiger partial charge < -0.3 is 19.7 Å². The number of rotatable bonds is 6. The fourth-order valence-corrected chi connectivity index (χ4v) is 4.81. The number of para-hydroxylation sites is 1. The van der Waals surface area contributed by atoms with Gasteiger partial charge in [0.05, 0.1) is 17.3 Å². The summed E-state index contributed by atoms with van der Waals surface area (Å²) in [6.07, 6.45) is 3.44. The monoisotopic (exact) mass is 497 g/mol. The average Bonchev–Trinajstić information content (AvgIpc) is 3.60. The number of aromatic nitrogens is 2. The van der Waals surface area contributed by atoms with Crippen molar-refractivity contribution in [3.05, 3.63) is 95.3 Å². The SMILES string of the molecule is O=C(NCc1ccn2ncc(C(=O)N3CCN(Cc4cccc5c4OCO5)CC3)c2c1)c1ccccc1. The molecule has 2 aromatic heterocycles. The highest BCUT2D eigenvalue weighted by Gasteiger charge is 2.26. The van der Waals surface area contributed by atoms with Crippen LogP contribution in [0.1, 0.15) is 31.8 Å². The van der Waals surface area contributed by atoms with E-state index in [-0.39, 0.29) is 18.6 Å². The molecule has 0 atom stereocenters. The molecule has 9 heteroatoms. The van der Waals surface area contributed by atoms with E-state index in [4.69, 9.17) is 9.47 Å². The first kappa shape index (κ1) is 23.1. The van der Waals surface area contributed by atoms with Gasteiger partial charge in [0.2, 0.25) is 6.79 Å². The summed E-state index contributed by atoms with van der Waals surface area (Å²) in [6, 6.07) is 18.9. The van der Waals surface area contributed by atoms with Crippen LogP contribution in [0.3, 0.4) is 0 Å². The lowest BCUT2D eigenvalue weighted by Crippen LogP contribution is -2.48. The number of benzene rings is 2. The van der Waals surface area contributed by atoms with Gasteiger partial charge in [0.15, 0.2) is 11.5 Å². The van der Waals surface area contributed by atoms with E-state index in [1.165, 1.54) is 0 Å². The molecule has 6 rings (SSSR count). The summed E-state index contributed by atoms with van der Waals surface area (Å²) in [6.45, 7) is 4.18. The van der Waals surface area contributed by atoms with Crippen LogP contribution in [0.15, 0.2) is 73.1 Å². The molecule has 0 unspecified atom stereocenters. The smallest absolute Gasteiger partial charge is 0.257 e. The molecule has 2 aliphatic rings. The number of nitrogens with zero attached hydrogens (tertiary/aromatic N) is 4. The molecule has 2 aromatic carbocycles. The lowest BCUT2D eigenvalue weighted by atomic mass is 10.1. The number of fused-ring (bicyclic) bond motifs is 2. The van der Waals surface area contributed by atoms with Gasteiger partial charge in [0, 0.05) is 56.6 Å². The Morgan fingerprint density at radius 2 is 1.78 bits per heavy atom. The largest absolute Gasteiger partial charge is 0.454 e. The first-order chi connectivity index (χ1) is 18.2. The highest BCUT2D eigenvalue weighted by molar-refractivity contribution is 6.00. The molecule has 0 aliphatic carbocycles. The van der Waals surface area contributed by atoms with Crippen molar-refractivity contribution >= 4 is 17.3 Å². The number of pyridine rings is 1. The third kappa shape index (κ3) is 4.73. The van der Waals surface area contributed by atoms with Crippen molar-refractivity contribution in [1.82, 2.24) is 24.7 Å². The molecule has 1 fully saturated rings. The van der Waals surface area contributed by atoms with E-state index in [2.05, 4.69) is 21.4 Å². The zero-order valence-electron chi connectivity index (χ0n) is 20.3. The maximum absolute atomic E-state index is 13.4. The number of piperazine rings is 1. The Balaban J connectivity index is 1.09. The van der Waals surface area contributed by atoms with Gasteiger partial charge in [0.25, 0.3) is 11.8 Å². The summed E-state index contributed by atoms with van der Waals surface area (Å²) in [5.74, 6) is 1.45. The van der Waals surface area contributed by atoms with Crippen molar-refractivity contribution in [2.24, 2.45) is 0 Å². The van der Waals surface area contributed by atoms with Crippen LogP contribution in [-0.4, -0.2) is 64.2 Å². The Bertz CT molecular complexity index is 1440. The van der Waals surface area contributed by atoms with Crippen LogP contribution in [0.25, 0.3) is 5.52 Å². The molecule has 2 amide bonds. The number of hydrogen-bond donors (Lipinski definition) is 1. The highest BCUT2D eigenvalue weighted by Crippen LogP contribution is 2.36. The second-order valence-corrected chi connectivity index (χ2v) is 9.19. The molecular weight excluding hydrogens is 470 g/mol. The molecule has 188 valence electrons. The number of amides is 2. The first-order valence-corrected chi connectivity index (χ1v) is 12.3. The maximum atomic E-state index is 13.4. The number of carbonyl (C=O) groups is 2. The third-order valence-corrected chi connectivity index (χ3v) is 6.84. The predicted molar refractivity (Wildman–Crippen MR) is 137 cm³/mol. The minimum absolute atomic E-state index is 0.0301. The maximum Gasteiger partial charge on any atom is 0.257 e. The van der Waals surface area contributed by atoms with Crippen molar-refractivity contribution in [3.63, 3.8) is 0 Å². The Morgan fingerprint density at radius 3 is 2.62 bits per heavy atom. The van der Waals surface area contributed by atoms with Gasteiger partial charge in [-0.25, -0.2) is 4.52 Å². The van der Waals surface area contributed by atoms with Gasteiger partial charge in [-0.15, -0.1) is 0 Å². The molecular formula is C28H27N5O4. The van der Waals surface area contributed by atoms with E-state index in [9.17, 15) is 9.59 Å². The topological polar surface area (TPSA) is 88.4 Å². The second-order valence-electron chi connectivity index (χ2n) is 9.19. The van der Waals surface area contributed by atoms with Gasteiger partial charge >= 0.3 is 0 Å². The van der Waals surface area contributed by atoms with E-state index >= 15 is 0 Å². The molecule has 0 radical (unpaired) electrons. The van der Waals surface area contributed by atoms with E-state index in [0.717, 1.165) is 47.8 Å². The van der Waals surface area contributed by atoms with Crippen molar-refractivity contribution in [1.29, 1.82) is 0 Å². The van der Waals surface area contributed by atoms with Crippen LogP contribution in [0.4, 0.5) is 0 Å². The molecule has 1 N–H and O–H groups in total. The number of hydrogen-bond acceptors (Lipinski definition) is 6. The highest BCUT2D eigenvalue weighted by atomic mass is 16.7. The Kier molecular flexibility index (Phi) is 6.20. The van der Waals surface area contributed by atoms with Crippen LogP contribution < -0.4 is 14.8 Å². The molecule has 2 aliphatic heterocycles. The Hall–Kier alpha value is -4.37. The lowest BCUT2D eigenvalue weighted by Gasteiger charge is -2.34. The van der Waals surface area contributed by atoms with Crippen molar-refractivity contribution in [3.8, 4) is 11.5 Å². The first-order valence-electron chi connectivity index (χ1n) is 12.3. The fourth-order valence-electron chi connectivity index (χ4n) is 4.81. The minimum atomic E-state index is -0.136. The zero-order chi connectivity index (χ0) is 25.2. The Labute approximate surface area is 214 Å². The molecule has 4 aromatic rings. The summed E-state index contributed by atoms with van der Waals surface area (Å²) in [7, 11) is 0. The number of nitrogens with one attached hydrogen (secondary N) is 1. The molecule has 4 heterocycles. The second kappa shape index (κ2) is 9.94. The minimum Gasteiger partial charge on any atom is -0.454 e. The zero-order valence-corrected chi connectivity index (χ0v) is 20.3. The summed E-state index contributed by atoms with van der Waals surface area (Å²) in [5.41, 5.74) is 3.91. The van der Waals surface area contributed by atoms with E-state index in [0.29, 0.717) is 30.8 Å². The molecule has 0 spiro atoms. The van der Waals surface area contributed by atoms with Gasteiger partial charge in [-0.05, 0) is 35.9 Å². The van der Waals surface area contributed by atoms with Crippen LogP contribution in [-0.2, 0) is 13.1 Å². The summed E-state index contributed by atoms with van der Waals surface area (Å²) in [4.78, 5) is 30.0. The van der Waals surface area contributed by atoms with E-state index in [1.54, 1.807) is 22.8 Å². The summed E-state index contributed by atoms with van der Waals surface area (Å²) >= 11 is 0. The van der Waals surface area contributed by atoms with Gasteiger partial charge in [-0.1, -0.05) is 30.3 Å². The van der Waals surface area contributed by atoms with Crippen LogP contribution in [0.2, 0.25) is 0 Å². The average molecular weight is 498 g/mol. The van der Waals surface area contributed by atoms with Crippen LogP contribution in [0.5, 0.6) is 11.5 Å². The molecule has 0 saturated carbocycles. The predicted octanol–water partition coefficient (Wildman–Crippen LogP) is 2.95. The molecule has 37 heavy (non-hydrogen) atoms. The Morgan fingerprint density at radius 1 is 0.946 bits per heavy atom. The number of carbonyl (C=O) groups excluding carboxylic acids is 2. The summed E-state index contributed by atoms with van der Waals surface area (Å²) < 4.78 is 12.8. The molecule has 9 nitrogen and oxygen atoms in total. The standard InChI is InChI=1S/C28H27N5O4/c34-27(21-5-2-1-3-6-21)29-16-20-9-10-33-24(15-20)23(17-30-33)28(35)32-13-11-31(12-14-32)18-22-7-4-8-25-26(22)37-19-36-25/h1-10,15,17H,11-14,16,18-19H2,(H,29,34). The summed E-state index contributed by atoms with van der Waals surface area (Å²) in [5, 5.41) is 7.31. The van der Waals surface area contributed by atoms with Crippen LogP contribution >= 0.6 is 0 Å². The van der Waals surface area contributed by atoms with Gasteiger partial charge in [-0.2, -0.15) is 5.10 Å². The quantitative estimate of drug-likeness (QED) is 0.441. The van der Waals surface area contributed by atoms with Crippen molar-refractivity contribution in [2.75, 3.05) is 33.0 Å². The third-order valence-electron chi connectivity index (χ3n) is 6.84. The number of ether oxygens (including phenoxy) is 2. The van der Waals surface area contributed by atoms with E-state index < -0.39 is 0 Å². The van der Waals surface area contributed by atoms with Gasteiger partial charge in [-0.3, -0.25) is 14.5 Å². The van der Waals surface area contributed by atoms with Gasteiger partial charge in [0.1, 0.15) is 0 Å². The molecule has 0 bridgehead atoms. The normalized spacial score (nSPS) is 15.2. The lowest BCUT2D eigenvalue weighted by molar-refractivity contribution is 0.0628. The van der Waals surface area contributed by atoms with E-state index in [1.807, 2.05) is 53.6 Å². The molecule has 1 saturated heterocycles. The van der Waals surface area contributed by atoms with Crippen LogP contribution in [0, 0.1) is 0 Å². The van der Waals surface area contributed by atoms with Crippen molar-refractivity contribution < 1.29 is 19.1 Å².